The van der Waals surface area contributed by atoms with E-state index < -0.39 is 0 Å². The molecule has 0 aromatic carbocycles. The summed E-state index contributed by atoms with van der Waals surface area (Å²) in [4.78, 5) is 11.0. The van der Waals surface area contributed by atoms with Crippen LogP contribution in [0.3, 0.4) is 0 Å². The van der Waals surface area contributed by atoms with Crippen LogP contribution in [0.5, 0.6) is 0 Å². The molecule has 86 valence electrons. The molecule has 1 fully saturated rings. The van der Waals surface area contributed by atoms with E-state index in [9.17, 15) is 4.79 Å². The zero-order valence-electron chi connectivity index (χ0n) is 9.51. The van der Waals surface area contributed by atoms with Gasteiger partial charge in [0.05, 0.1) is 11.8 Å². The Kier molecular flexibility index (Phi) is 4.62. The summed E-state index contributed by atoms with van der Waals surface area (Å²) in [5, 5.41) is 6.19. The second-order valence-corrected chi connectivity index (χ2v) is 4.01. The summed E-state index contributed by atoms with van der Waals surface area (Å²) in [5.41, 5.74) is 0. The first kappa shape index (κ1) is 12.0. The van der Waals surface area contributed by atoms with E-state index in [2.05, 4.69) is 17.2 Å². The Morgan fingerprint density at radius 2 is 2.27 bits per heavy atom. The number of amides is 1. The van der Waals surface area contributed by atoms with Crippen LogP contribution in [-0.2, 0) is 9.53 Å². The van der Waals surface area contributed by atoms with Gasteiger partial charge >= 0.3 is 0 Å². The number of hydrogen-bond donors (Lipinski definition) is 2. The van der Waals surface area contributed by atoms with E-state index >= 15 is 0 Å². The minimum Gasteiger partial charge on any atom is -0.493 e. The SMILES string of the molecule is C=C(C)O[C@@H]1CCCNC[C@H]1NC(C)=O. The van der Waals surface area contributed by atoms with Crippen LogP contribution in [0.2, 0.25) is 0 Å². The Morgan fingerprint density at radius 3 is 2.87 bits per heavy atom. The van der Waals surface area contributed by atoms with Gasteiger partial charge in [0, 0.05) is 13.5 Å². The molecular formula is C11H20N2O2. The van der Waals surface area contributed by atoms with Crippen molar-refractivity contribution in [2.24, 2.45) is 0 Å². The molecule has 0 aromatic rings. The average Bonchev–Trinajstić information content (AvgIpc) is 2.30. The molecule has 0 spiro atoms. The predicted octanol–water partition coefficient (Wildman–Crippen LogP) is 0.793. The van der Waals surface area contributed by atoms with Crippen molar-refractivity contribution in [2.75, 3.05) is 13.1 Å². The largest absolute Gasteiger partial charge is 0.493 e. The Bertz CT molecular complexity index is 217. The number of rotatable bonds is 3. The molecule has 4 heteroatoms. The third-order valence-electron chi connectivity index (χ3n) is 2.40. The van der Waals surface area contributed by atoms with Crippen molar-refractivity contribution in [3.8, 4) is 0 Å². The number of hydrogen-bond acceptors (Lipinski definition) is 3. The molecule has 4 nitrogen and oxygen atoms in total. The van der Waals surface area contributed by atoms with Crippen LogP contribution in [-0.4, -0.2) is 31.1 Å². The lowest BCUT2D eigenvalue weighted by Gasteiger charge is -2.26. The van der Waals surface area contributed by atoms with E-state index in [0.717, 1.165) is 25.9 Å². The fourth-order valence-electron chi connectivity index (χ4n) is 1.82. The van der Waals surface area contributed by atoms with Gasteiger partial charge in [-0.1, -0.05) is 6.58 Å². The fraction of sp³-hybridized carbons (Fsp3) is 0.727. The van der Waals surface area contributed by atoms with E-state index in [1.54, 1.807) is 0 Å². The number of nitrogens with one attached hydrogen (secondary N) is 2. The van der Waals surface area contributed by atoms with Gasteiger partial charge in [0.15, 0.2) is 0 Å². The first-order chi connectivity index (χ1) is 7.09. The lowest BCUT2D eigenvalue weighted by Crippen LogP contribution is -2.47. The maximum atomic E-state index is 11.0. The lowest BCUT2D eigenvalue weighted by molar-refractivity contribution is -0.120. The van der Waals surface area contributed by atoms with E-state index in [1.165, 1.54) is 6.92 Å². The first-order valence-electron chi connectivity index (χ1n) is 5.39. The minimum atomic E-state index is -0.0148. The fourth-order valence-corrected chi connectivity index (χ4v) is 1.82. The smallest absolute Gasteiger partial charge is 0.217 e. The van der Waals surface area contributed by atoms with Gasteiger partial charge in [-0.05, 0) is 26.3 Å². The molecule has 1 aliphatic rings. The second-order valence-electron chi connectivity index (χ2n) is 4.01. The Balaban J connectivity index is 2.58. The summed E-state index contributed by atoms with van der Waals surface area (Å²) in [6, 6.07) is 0.0432. The first-order valence-corrected chi connectivity index (χ1v) is 5.39. The molecule has 2 N–H and O–H groups in total. The van der Waals surface area contributed by atoms with Crippen LogP contribution < -0.4 is 10.6 Å². The molecule has 0 aliphatic carbocycles. The van der Waals surface area contributed by atoms with Crippen LogP contribution in [0, 0.1) is 0 Å². The van der Waals surface area contributed by atoms with Gasteiger partial charge in [0.25, 0.3) is 0 Å². The van der Waals surface area contributed by atoms with Gasteiger partial charge in [-0.2, -0.15) is 0 Å². The molecule has 1 aliphatic heterocycles. The molecule has 1 heterocycles. The molecule has 0 bridgehead atoms. The number of carbonyl (C=O) groups excluding carboxylic acids is 1. The molecule has 1 saturated heterocycles. The van der Waals surface area contributed by atoms with E-state index in [1.807, 2.05) is 6.92 Å². The quantitative estimate of drug-likeness (QED) is 0.680. The highest BCUT2D eigenvalue weighted by atomic mass is 16.5. The van der Waals surface area contributed by atoms with Gasteiger partial charge in [-0.3, -0.25) is 4.79 Å². The minimum absolute atomic E-state index is 0.0148. The van der Waals surface area contributed by atoms with Crippen molar-refractivity contribution in [1.29, 1.82) is 0 Å². The summed E-state index contributed by atoms with van der Waals surface area (Å²) >= 11 is 0. The van der Waals surface area contributed by atoms with Crippen LogP contribution >= 0.6 is 0 Å². The molecular weight excluding hydrogens is 192 g/mol. The van der Waals surface area contributed by atoms with Crippen molar-refractivity contribution < 1.29 is 9.53 Å². The Morgan fingerprint density at radius 1 is 1.53 bits per heavy atom. The molecule has 1 amide bonds. The Hall–Kier alpha value is -1.03. The normalized spacial score (nSPS) is 26.5. The van der Waals surface area contributed by atoms with E-state index in [0.29, 0.717) is 5.76 Å². The van der Waals surface area contributed by atoms with Crippen molar-refractivity contribution in [1.82, 2.24) is 10.6 Å². The monoisotopic (exact) mass is 212 g/mol. The highest BCUT2D eigenvalue weighted by Gasteiger charge is 2.25. The number of allylic oxidation sites excluding steroid dienone is 1. The average molecular weight is 212 g/mol. The van der Waals surface area contributed by atoms with Crippen molar-refractivity contribution in [3.63, 3.8) is 0 Å². The summed E-state index contributed by atoms with van der Waals surface area (Å²) in [6.07, 6.45) is 2.06. The zero-order valence-corrected chi connectivity index (χ0v) is 9.51. The van der Waals surface area contributed by atoms with E-state index in [4.69, 9.17) is 4.74 Å². The summed E-state index contributed by atoms with van der Waals surface area (Å²) in [7, 11) is 0. The van der Waals surface area contributed by atoms with Crippen molar-refractivity contribution in [3.05, 3.63) is 12.3 Å². The van der Waals surface area contributed by atoms with E-state index in [-0.39, 0.29) is 18.1 Å². The van der Waals surface area contributed by atoms with Gasteiger partial charge in [0.2, 0.25) is 5.91 Å². The van der Waals surface area contributed by atoms with Gasteiger partial charge in [-0.15, -0.1) is 0 Å². The molecule has 0 unspecified atom stereocenters. The van der Waals surface area contributed by atoms with Crippen LogP contribution in [0.1, 0.15) is 26.7 Å². The Labute approximate surface area is 91.1 Å². The number of ether oxygens (including phenoxy) is 1. The molecule has 0 aromatic heterocycles. The highest BCUT2D eigenvalue weighted by molar-refractivity contribution is 5.73. The summed E-state index contributed by atoms with van der Waals surface area (Å²) in [6.45, 7) is 8.84. The maximum Gasteiger partial charge on any atom is 0.217 e. The molecule has 2 atom stereocenters. The predicted molar refractivity (Wildman–Crippen MR) is 59.4 cm³/mol. The molecule has 0 saturated carbocycles. The number of carbonyl (C=O) groups is 1. The van der Waals surface area contributed by atoms with Crippen molar-refractivity contribution in [2.45, 2.75) is 38.8 Å². The maximum absolute atomic E-state index is 11.0. The van der Waals surface area contributed by atoms with Crippen LogP contribution in [0.4, 0.5) is 0 Å². The molecule has 0 radical (unpaired) electrons. The van der Waals surface area contributed by atoms with Crippen LogP contribution in [0.25, 0.3) is 0 Å². The highest BCUT2D eigenvalue weighted by Crippen LogP contribution is 2.13. The third kappa shape index (κ3) is 4.34. The topological polar surface area (TPSA) is 50.4 Å². The summed E-state index contributed by atoms with van der Waals surface area (Å²) < 4.78 is 5.64. The molecule has 15 heavy (non-hydrogen) atoms. The standard InChI is InChI=1S/C11H20N2O2/c1-8(2)15-11-5-4-6-12-7-10(11)13-9(3)14/h10-12H,1,4-7H2,2-3H3,(H,13,14)/t10-,11-/m1/s1. The lowest BCUT2D eigenvalue weighted by atomic mass is 10.1. The molecule has 1 rings (SSSR count). The zero-order chi connectivity index (χ0) is 11.3. The van der Waals surface area contributed by atoms with Gasteiger partial charge < -0.3 is 15.4 Å². The van der Waals surface area contributed by atoms with Gasteiger partial charge in [-0.25, -0.2) is 0 Å². The summed E-state index contributed by atoms with van der Waals surface area (Å²) in [5.74, 6) is 0.691. The third-order valence-corrected chi connectivity index (χ3v) is 2.40. The van der Waals surface area contributed by atoms with Crippen LogP contribution in [0.15, 0.2) is 12.3 Å². The van der Waals surface area contributed by atoms with Crippen molar-refractivity contribution >= 4 is 5.91 Å². The van der Waals surface area contributed by atoms with Gasteiger partial charge in [0.1, 0.15) is 6.10 Å². The second kappa shape index (κ2) is 5.75.